The molecule has 0 aromatic heterocycles. The van der Waals surface area contributed by atoms with E-state index in [4.69, 9.17) is 0 Å². The van der Waals surface area contributed by atoms with Crippen LogP contribution in [0.3, 0.4) is 0 Å². The van der Waals surface area contributed by atoms with Gasteiger partial charge < -0.3 is 4.79 Å². The van der Waals surface area contributed by atoms with Gasteiger partial charge in [-0.25, -0.2) is 0 Å². The molecule has 0 rings (SSSR count). The van der Waals surface area contributed by atoms with Gasteiger partial charge in [0.1, 0.15) is 6.29 Å². The summed E-state index contributed by atoms with van der Waals surface area (Å²) in [7, 11) is 0. The van der Waals surface area contributed by atoms with Crippen LogP contribution in [0.4, 0.5) is 13.2 Å². The number of hydrogen-bond donors (Lipinski definition) is 0. The Morgan fingerprint density at radius 1 is 1.27 bits per heavy atom. The van der Waals surface area contributed by atoms with E-state index in [1.165, 1.54) is 0 Å². The second-order valence-corrected chi connectivity index (χ2v) is 3.12. The van der Waals surface area contributed by atoms with Crippen molar-refractivity contribution in [3.63, 3.8) is 0 Å². The zero-order valence-electron chi connectivity index (χ0n) is 5.86. The van der Waals surface area contributed by atoms with Crippen LogP contribution in [0.5, 0.6) is 0 Å². The number of hydrogen-bond acceptors (Lipinski definition) is 2. The van der Waals surface area contributed by atoms with E-state index in [2.05, 4.69) is 0 Å². The second-order valence-electron chi connectivity index (χ2n) is 1.96. The number of aldehydes is 1. The number of thioether (sulfide) groups is 1. The molecule has 0 atom stereocenters. The highest BCUT2D eigenvalue weighted by Gasteiger charge is 2.27. The van der Waals surface area contributed by atoms with Crippen molar-refractivity contribution in [3.05, 3.63) is 0 Å². The van der Waals surface area contributed by atoms with Gasteiger partial charge in [-0.3, -0.25) is 0 Å². The molecule has 0 aliphatic heterocycles. The zero-order chi connectivity index (χ0) is 8.74. The SMILES string of the molecule is O=CCCCCSC(F)(F)F. The van der Waals surface area contributed by atoms with E-state index in [0.29, 0.717) is 19.3 Å². The van der Waals surface area contributed by atoms with Gasteiger partial charge in [0.05, 0.1) is 0 Å². The van der Waals surface area contributed by atoms with Crippen LogP contribution < -0.4 is 0 Å². The lowest BCUT2D eigenvalue weighted by molar-refractivity contribution is -0.107. The average Bonchev–Trinajstić information content (AvgIpc) is 1.85. The molecule has 11 heavy (non-hydrogen) atoms. The van der Waals surface area contributed by atoms with E-state index in [1.54, 1.807) is 0 Å². The smallest absolute Gasteiger partial charge is 0.303 e. The topological polar surface area (TPSA) is 17.1 Å². The second kappa shape index (κ2) is 5.46. The van der Waals surface area contributed by atoms with E-state index >= 15 is 0 Å². The number of rotatable bonds is 5. The molecule has 5 heteroatoms. The summed E-state index contributed by atoms with van der Waals surface area (Å²) in [4.78, 5) is 9.74. The largest absolute Gasteiger partial charge is 0.441 e. The Hall–Kier alpha value is -0.190. The molecule has 0 fully saturated rings. The van der Waals surface area contributed by atoms with Gasteiger partial charge in [0, 0.05) is 12.2 Å². The first kappa shape index (κ1) is 10.8. The third-order valence-corrected chi connectivity index (χ3v) is 1.80. The monoisotopic (exact) mass is 186 g/mol. The first-order chi connectivity index (χ1) is 5.06. The first-order valence-electron chi connectivity index (χ1n) is 3.20. The molecule has 0 spiro atoms. The lowest BCUT2D eigenvalue weighted by atomic mass is 10.3. The van der Waals surface area contributed by atoms with Crippen molar-refractivity contribution in [3.8, 4) is 0 Å². The summed E-state index contributed by atoms with van der Waals surface area (Å²) in [5.74, 6) is 0.0529. The molecule has 0 aromatic carbocycles. The number of halogens is 3. The van der Waals surface area contributed by atoms with Crippen molar-refractivity contribution in [2.24, 2.45) is 0 Å². The van der Waals surface area contributed by atoms with Crippen molar-refractivity contribution in [2.75, 3.05) is 5.75 Å². The van der Waals surface area contributed by atoms with Gasteiger partial charge in [0.25, 0.3) is 0 Å². The Labute approximate surface area is 67.3 Å². The molecule has 0 unspecified atom stereocenters. The molecule has 66 valence electrons. The van der Waals surface area contributed by atoms with Crippen LogP contribution in [0.1, 0.15) is 19.3 Å². The Balaban J connectivity index is 3.08. The van der Waals surface area contributed by atoms with Crippen LogP contribution in [0.2, 0.25) is 0 Å². The number of carbonyl (C=O) groups excluding carboxylic acids is 1. The van der Waals surface area contributed by atoms with Gasteiger partial charge in [0.2, 0.25) is 0 Å². The van der Waals surface area contributed by atoms with Crippen molar-refractivity contribution in [1.82, 2.24) is 0 Å². The van der Waals surface area contributed by atoms with E-state index in [9.17, 15) is 18.0 Å². The Kier molecular flexibility index (Phi) is 5.36. The first-order valence-corrected chi connectivity index (χ1v) is 4.19. The van der Waals surface area contributed by atoms with E-state index in [0.717, 1.165) is 6.29 Å². The molecular formula is C6H9F3OS. The maximum absolute atomic E-state index is 11.5. The standard InChI is InChI=1S/C6H9F3OS/c7-6(8,9)11-5-3-1-2-4-10/h4H,1-3,5H2. The van der Waals surface area contributed by atoms with E-state index < -0.39 is 5.51 Å². The van der Waals surface area contributed by atoms with Crippen molar-refractivity contribution < 1.29 is 18.0 Å². The minimum atomic E-state index is -4.12. The maximum atomic E-state index is 11.5. The number of alkyl halides is 3. The maximum Gasteiger partial charge on any atom is 0.441 e. The normalized spacial score (nSPS) is 11.5. The Morgan fingerprint density at radius 2 is 1.91 bits per heavy atom. The van der Waals surface area contributed by atoms with Gasteiger partial charge in [-0.05, 0) is 12.8 Å². The van der Waals surface area contributed by atoms with Crippen LogP contribution in [0.25, 0.3) is 0 Å². The summed E-state index contributed by atoms with van der Waals surface area (Å²) < 4.78 is 34.4. The molecule has 0 N–H and O–H groups in total. The quantitative estimate of drug-likeness (QED) is 0.485. The summed E-state index contributed by atoms with van der Waals surface area (Å²) in [5.41, 5.74) is -4.12. The lowest BCUT2D eigenvalue weighted by Crippen LogP contribution is -2.01. The van der Waals surface area contributed by atoms with Gasteiger partial charge in [-0.2, -0.15) is 13.2 Å². The van der Waals surface area contributed by atoms with Gasteiger partial charge in [0.15, 0.2) is 0 Å². The summed E-state index contributed by atoms with van der Waals surface area (Å²) in [6.07, 6.45) is 2.08. The molecule has 0 aromatic rings. The summed E-state index contributed by atoms with van der Waals surface area (Å²) in [5, 5.41) is 0. The molecule has 1 nitrogen and oxygen atoms in total. The molecule has 0 saturated heterocycles. The fourth-order valence-corrected chi connectivity index (χ4v) is 1.10. The fourth-order valence-electron chi connectivity index (χ4n) is 0.518. The number of carbonyl (C=O) groups is 1. The van der Waals surface area contributed by atoms with Crippen LogP contribution in [0, 0.1) is 0 Å². The van der Waals surface area contributed by atoms with Crippen molar-refractivity contribution >= 4 is 18.0 Å². The minimum absolute atomic E-state index is 0.0319. The van der Waals surface area contributed by atoms with Gasteiger partial charge in [-0.1, -0.05) is 11.8 Å². The average molecular weight is 186 g/mol. The Bertz CT molecular complexity index is 113. The van der Waals surface area contributed by atoms with Crippen molar-refractivity contribution in [1.29, 1.82) is 0 Å². The fraction of sp³-hybridized carbons (Fsp3) is 0.833. The van der Waals surface area contributed by atoms with Crippen molar-refractivity contribution in [2.45, 2.75) is 24.8 Å². The highest BCUT2D eigenvalue weighted by atomic mass is 32.2. The van der Waals surface area contributed by atoms with E-state index in [1.807, 2.05) is 0 Å². The molecule has 0 bridgehead atoms. The van der Waals surface area contributed by atoms with Crippen LogP contribution >= 0.6 is 11.8 Å². The predicted molar refractivity (Wildman–Crippen MR) is 38.4 cm³/mol. The molecule has 0 aliphatic carbocycles. The Morgan fingerprint density at radius 3 is 2.36 bits per heavy atom. The van der Waals surface area contributed by atoms with Crippen LogP contribution in [0.15, 0.2) is 0 Å². The zero-order valence-corrected chi connectivity index (χ0v) is 6.67. The molecule has 0 saturated carbocycles. The highest BCUT2D eigenvalue weighted by Crippen LogP contribution is 2.30. The third kappa shape index (κ3) is 9.81. The van der Waals surface area contributed by atoms with Gasteiger partial charge in [-0.15, -0.1) is 0 Å². The molecule has 0 amide bonds. The van der Waals surface area contributed by atoms with Gasteiger partial charge >= 0.3 is 5.51 Å². The molecule has 0 heterocycles. The molecule has 0 aliphatic rings. The lowest BCUT2D eigenvalue weighted by Gasteiger charge is -2.03. The number of unbranched alkanes of at least 4 members (excludes halogenated alkanes) is 2. The van der Waals surface area contributed by atoms with Crippen LogP contribution in [-0.4, -0.2) is 17.5 Å². The summed E-state index contributed by atoms with van der Waals surface area (Å²) >= 11 is -0.0319. The third-order valence-electron chi connectivity index (χ3n) is 0.982. The summed E-state index contributed by atoms with van der Waals surface area (Å²) in [6.45, 7) is 0. The van der Waals surface area contributed by atoms with Crippen LogP contribution in [-0.2, 0) is 4.79 Å². The molecular weight excluding hydrogens is 177 g/mol. The summed E-state index contributed by atoms with van der Waals surface area (Å²) in [6, 6.07) is 0. The highest BCUT2D eigenvalue weighted by molar-refractivity contribution is 8.00. The minimum Gasteiger partial charge on any atom is -0.303 e. The molecule has 0 radical (unpaired) electrons. The van der Waals surface area contributed by atoms with E-state index in [-0.39, 0.29) is 17.5 Å². The predicted octanol–water partition coefficient (Wildman–Crippen LogP) is 2.61.